The molecule has 0 bridgehead atoms. The van der Waals surface area contributed by atoms with Gasteiger partial charge in [0.05, 0.1) is 10.7 Å². The summed E-state index contributed by atoms with van der Waals surface area (Å²) in [5.41, 5.74) is 1.25. The molecule has 19 heavy (non-hydrogen) atoms. The molecule has 0 unspecified atom stereocenters. The van der Waals surface area contributed by atoms with E-state index in [1.54, 1.807) is 6.07 Å². The van der Waals surface area contributed by atoms with Gasteiger partial charge in [0.2, 0.25) is 0 Å². The summed E-state index contributed by atoms with van der Waals surface area (Å²) in [6.45, 7) is 6.07. The molecule has 0 saturated carbocycles. The van der Waals surface area contributed by atoms with Crippen LogP contribution in [0.15, 0.2) is 33.5 Å². The minimum atomic E-state index is -0.174. The van der Waals surface area contributed by atoms with E-state index < -0.39 is 0 Å². The van der Waals surface area contributed by atoms with Crippen LogP contribution in [-0.2, 0) is 5.41 Å². The van der Waals surface area contributed by atoms with Crippen LogP contribution < -0.4 is 5.56 Å². The number of halogens is 2. The molecule has 5 heteroatoms. The average Bonchev–Trinajstić information content (AvgIpc) is 2.31. The fraction of sp³-hybridized carbons (Fsp3) is 0.286. The van der Waals surface area contributed by atoms with Gasteiger partial charge in [0.25, 0.3) is 5.56 Å². The van der Waals surface area contributed by atoms with Crippen molar-refractivity contribution in [2.24, 2.45) is 0 Å². The number of aromatic nitrogens is 2. The van der Waals surface area contributed by atoms with Crippen LogP contribution >= 0.6 is 27.5 Å². The monoisotopic (exact) mass is 340 g/mol. The number of H-pyrrole nitrogens is 1. The van der Waals surface area contributed by atoms with E-state index in [2.05, 4.69) is 25.9 Å². The normalized spacial score (nSPS) is 11.6. The van der Waals surface area contributed by atoms with Gasteiger partial charge in [-0.25, -0.2) is 4.98 Å². The molecule has 0 radical (unpaired) electrons. The second-order valence-corrected chi connectivity index (χ2v) is 6.62. The Labute approximate surface area is 125 Å². The lowest BCUT2D eigenvalue weighted by atomic mass is 9.92. The van der Waals surface area contributed by atoms with Gasteiger partial charge in [0, 0.05) is 21.5 Å². The van der Waals surface area contributed by atoms with Gasteiger partial charge in [0.1, 0.15) is 5.82 Å². The summed E-state index contributed by atoms with van der Waals surface area (Å²) in [5, 5.41) is 0.623. The summed E-state index contributed by atoms with van der Waals surface area (Å²) in [5.74, 6) is 0.551. The molecule has 1 aromatic heterocycles. The van der Waals surface area contributed by atoms with E-state index in [4.69, 9.17) is 11.6 Å². The Bertz CT molecular complexity index is 674. The first kappa shape index (κ1) is 14.3. The van der Waals surface area contributed by atoms with E-state index in [1.165, 1.54) is 6.07 Å². The molecule has 0 spiro atoms. The van der Waals surface area contributed by atoms with Crippen LogP contribution in [0.25, 0.3) is 11.4 Å². The molecular weight excluding hydrogens is 328 g/mol. The average molecular weight is 342 g/mol. The molecule has 3 nitrogen and oxygen atoms in total. The minimum absolute atomic E-state index is 0.152. The van der Waals surface area contributed by atoms with Crippen molar-refractivity contribution in [3.63, 3.8) is 0 Å². The van der Waals surface area contributed by atoms with Gasteiger partial charge < -0.3 is 4.98 Å². The van der Waals surface area contributed by atoms with Crippen LogP contribution in [0.5, 0.6) is 0 Å². The largest absolute Gasteiger partial charge is 0.307 e. The molecule has 0 aliphatic heterocycles. The van der Waals surface area contributed by atoms with E-state index in [-0.39, 0.29) is 11.0 Å². The Balaban J connectivity index is 2.59. The van der Waals surface area contributed by atoms with Crippen molar-refractivity contribution in [2.45, 2.75) is 26.2 Å². The predicted octanol–water partition coefficient (Wildman–Crippen LogP) is 4.15. The van der Waals surface area contributed by atoms with Crippen molar-refractivity contribution in [3.05, 3.63) is 49.8 Å². The third-order valence-corrected chi connectivity index (χ3v) is 3.92. The number of aromatic amines is 1. The van der Waals surface area contributed by atoms with Crippen LogP contribution in [0.1, 0.15) is 26.5 Å². The highest BCUT2D eigenvalue weighted by Gasteiger charge is 2.17. The number of nitrogens with one attached hydrogen (secondary N) is 1. The number of hydrogen-bond donors (Lipinski definition) is 1. The highest BCUT2D eigenvalue weighted by molar-refractivity contribution is 9.10. The van der Waals surface area contributed by atoms with Crippen molar-refractivity contribution in [3.8, 4) is 11.4 Å². The first-order valence-corrected chi connectivity index (χ1v) is 7.02. The molecule has 0 aliphatic rings. The zero-order valence-corrected chi connectivity index (χ0v) is 13.3. The number of rotatable bonds is 1. The third-order valence-electron chi connectivity index (χ3n) is 2.70. The Morgan fingerprint density at radius 1 is 1.26 bits per heavy atom. The SMILES string of the molecule is CC(C)(C)c1cc(=O)[nH]c(-c2ccc(Cl)c(Br)c2)n1. The standard InChI is InChI=1S/C14H14BrClN2O/c1-14(2,3)11-7-12(19)18-13(17-11)8-4-5-10(16)9(15)6-8/h4-7H,1-3H3,(H,17,18,19). The molecule has 100 valence electrons. The zero-order chi connectivity index (χ0) is 14.2. The van der Waals surface area contributed by atoms with Gasteiger partial charge in [-0.3, -0.25) is 4.79 Å². The van der Waals surface area contributed by atoms with Gasteiger partial charge in [-0.05, 0) is 34.1 Å². The molecule has 0 saturated heterocycles. The van der Waals surface area contributed by atoms with Crippen molar-refractivity contribution in [2.75, 3.05) is 0 Å². The maximum absolute atomic E-state index is 11.7. The molecule has 1 N–H and O–H groups in total. The second-order valence-electron chi connectivity index (χ2n) is 5.36. The summed E-state index contributed by atoms with van der Waals surface area (Å²) in [6.07, 6.45) is 0. The summed E-state index contributed by atoms with van der Waals surface area (Å²) in [7, 11) is 0. The quantitative estimate of drug-likeness (QED) is 0.847. The summed E-state index contributed by atoms with van der Waals surface area (Å²) in [6, 6.07) is 6.98. The maximum atomic E-state index is 11.7. The topological polar surface area (TPSA) is 45.8 Å². The van der Waals surface area contributed by atoms with Crippen LogP contribution in [0.3, 0.4) is 0 Å². The fourth-order valence-corrected chi connectivity index (χ4v) is 2.12. The summed E-state index contributed by atoms with van der Waals surface area (Å²) < 4.78 is 0.774. The Kier molecular flexibility index (Phi) is 3.83. The third kappa shape index (κ3) is 3.25. The molecule has 1 aromatic carbocycles. The van der Waals surface area contributed by atoms with Gasteiger partial charge >= 0.3 is 0 Å². The van der Waals surface area contributed by atoms with Crippen molar-refractivity contribution in [1.82, 2.24) is 9.97 Å². The molecule has 0 amide bonds. The van der Waals surface area contributed by atoms with E-state index in [0.29, 0.717) is 10.8 Å². The molecule has 0 aliphatic carbocycles. The van der Waals surface area contributed by atoms with Crippen LogP contribution in [-0.4, -0.2) is 9.97 Å². The van der Waals surface area contributed by atoms with E-state index in [9.17, 15) is 4.79 Å². The zero-order valence-electron chi connectivity index (χ0n) is 10.9. The molecular formula is C14H14BrClN2O. The van der Waals surface area contributed by atoms with E-state index in [0.717, 1.165) is 15.7 Å². The Morgan fingerprint density at radius 3 is 2.53 bits per heavy atom. The minimum Gasteiger partial charge on any atom is -0.307 e. The number of hydrogen-bond acceptors (Lipinski definition) is 2. The highest BCUT2D eigenvalue weighted by atomic mass is 79.9. The second kappa shape index (κ2) is 5.10. The fourth-order valence-electron chi connectivity index (χ4n) is 1.62. The van der Waals surface area contributed by atoms with Crippen molar-refractivity contribution >= 4 is 27.5 Å². The lowest BCUT2D eigenvalue weighted by Crippen LogP contribution is -2.19. The van der Waals surface area contributed by atoms with Gasteiger partial charge in [-0.15, -0.1) is 0 Å². The Morgan fingerprint density at radius 2 is 1.95 bits per heavy atom. The molecule has 1 heterocycles. The van der Waals surface area contributed by atoms with Crippen molar-refractivity contribution < 1.29 is 0 Å². The number of nitrogens with zero attached hydrogens (tertiary/aromatic N) is 1. The molecule has 0 fully saturated rings. The van der Waals surface area contributed by atoms with Crippen LogP contribution in [0, 0.1) is 0 Å². The first-order valence-electron chi connectivity index (χ1n) is 5.84. The number of benzene rings is 1. The first-order chi connectivity index (χ1) is 8.77. The van der Waals surface area contributed by atoms with Gasteiger partial charge in [-0.2, -0.15) is 0 Å². The van der Waals surface area contributed by atoms with E-state index in [1.807, 2.05) is 32.9 Å². The molecule has 2 rings (SSSR count). The Hall–Kier alpha value is -1.13. The van der Waals surface area contributed by atoms with Gasteiger partial charge in [0.15, 0.2) is 0 Å². The molecule has 2 aromatic rings. The van der Waals surface area contributed by atoms with Crippen LogP contribution in [0.4, 0.5) is 0 Å². The van der Waals surface area contributed by atoms with Gasteiger partial charge in [-0.1, -0.05) is 32.4 Å². The van der Waals surface area contributed by atoms with Crippen LogP contribution in [0.2, 0.25) is 5.02 Å². The highest BCUT2D eigenvalue weighted by Crippen LogP contribution is 2.28. The summed E-state index contributed by atoms with van der Waals surface area (Å²) >= 11 is 9.33. The van der Waals surface area contributed by atoms with E-state index >= 15 is 0 Å². The lowest BCUT2D eigenvalue weighted by molar-refractivity contribution is 0.566. The summed E-state index contributed by atoms with van der Waals surface area (Å²) in [4.78, 5) is 19.0. The molecule has 0 atom stereocenters. The smallest absolute Gasteiger partial charge is 0.251 e. The van der Waals surface area contributed by atoms with Crippen molar-refractivity contribution in [1.29, 1.82) is 0 Å². The lowest BCUT2D eigenvalue weighted by Gasteiger charge is -2.18. The maximum Gasteiger partial charge on any atom is 0.251 e. The predicted molar refractivity (Wildman–Crippen MR) is 81.7 cm³/mol.